The fourth-order valence-electron chi connectivity index (χ4n) is 2.69. The third-order valence-corrected chi connectivity index (χ3v) is 4.10. The Morgan fingerprint density at radius 1 is 1.15 bits per heavy atom. The van der Waals surface area contributed by atoms with Crippen LogP contribution in [0.25, 0.3) is 10.8 Å². The number of carbonyl (C=O) groups excluding carboxylic acids is 1. The minimum absolute atomic E-state index is 0.0694. The van der Waals surface area contributed by atoms with Gasteiger partial charge in [-0.05, 0) is 23.4 Å². The minimum Gasteiger partial charge on any atom is -0.512 e. The Kier molecular flexibility index (Phi) is 3.49. The number of benzene rings is 2. The van der Waals surface area contributed by atoms with Crippen LogP contribution in [0.3, 0.4) is 0 Å². The molecule has 0 saturated heterocycles. The number of fused-ring (bicyclic) bond motifs is 1. The SMILES string of the molecule is O=C1CCCC(O)=C1Cc1ccc2c(Cl)cccc2c1. The summed E-state index contributed by atoms with van der Waals surface area (Å²) in [6.07, 6.45) is 2.40. The van der Waals surface area contributed by atoms with Crippen molar-refractivity contribution >= 4 is 28.2 Å². The van der Waals surface area contributed by atoms with Gasteiger partial charge in [-0.2, -0.15) is 0 Å². The zero-order valence-corrected chi connectivity index (χ0v) is 11.8. The van der Waals surface area contributed by atoms with Crippen LogP contribution in [0, 0.1) is 0 Å². The largest absolute Gasteiger partial charge is 0.512 e. The van der Waals surface area contributed by atoms with Crippen molar-refractivity contribution in [1.29, 1.82) is 0 Å². The lowest BCUT2D eigenvalue weighted by atomic mass is 9.91. The van der Waals surface area contributed by atoms with Crippen molar-refractivity contribution in [2.45, 2.75) is 25.7 Å². The number of aliphatic hydroxyl groups excluding tert-OH is 1. The number of hydrogen-bond acceptors (Lipinski definition) is 2. The fraction of sp³-hybridized carbons (Fsp3) is 0.235. The van der Waals surface area contributed by atoms with Crippen molar-refractivity contribution in [1.82, 2.24) is 0 Å². The highest BCUT2D eigenvalue weighted by atomic mass is 35.5. The average Bonchev–Trinajstić information content (AvgIpc) is 2.43. The first kappa shape index (κ1) is 13.2. The predicted molar refractivity (Wildman–Crippen MR) is 81.2 cm³/mol. The van der Waals surface area contributed by atoms with Gasteiger partial charge in [-0.25, -0.2) is 0 Å². The van der Waals surface area contributed by atoms with Gasteiger partial charge in [0.05, 0.1) is 5.76 Å². The summed E-state index contributed by atoms with van der Waals surface area (Å²) in [7, 11) is 0. The van der Waals surface area contributed by atoms with Gasteiger partial charge in [-0.3, -0.25) is 4.79 Å². The topological polar surface area (TPSA) is 37.3 Å². The molecule has 0 heterocycles. The van der Waals surface area contributed by atoms with Crippen LogP contribution in [0.5, 0.6) is 0 Å². The Morgan fingerprint density at radius 3 is 2.80 bits per heavy atom. The molecule has 0 amide bonds. The summed E-state index contributed by atoms with van der Waals surface area (Å²) < 4.78 is 0. The number of halogens is 1. The molecule has 3 heteroatoms. The highest BCUT2D eigenvalue weighted by Gasteiger charge is 2.20. The summed E-state index contributed by atoms with van der Waals surface area (Å²) in [4.78, 5) is 11.9. The van der Waals surface area contributed by atoms with Crippen molar-refractivity contribution in [3.63, 3.8) is 0 Å². The van der Waals surface area contributed by atoms with E-state index in [1.165, 1.54) is 0 Å². The van der Waals surface area contributed by atoms with Gasteiger partial charge in [-0.1, -0.05) is 41.9 Å². The number of hydrogen-bond donors (Lipinski definition) is 1. The van der Waals surface area contributed by atoms with Gasteiger partial charge in [0.1, 0.15) is 0 Å². The predicted octanol–water partition coefficient (Wildman–Crippen LogP) is 4.60. The average molecular weight is 287 g/mol. The Morgan fingerprint density at radius 2 is 2.00 bits per heavy atom. The van der Waals surface area contributed by atoms with Crippen LogP contribution >= 0.6 is 11.6 Å². The fourth-order valence-corrected chi connectivity index (χ4v) is 2.93. The summed E-state index contributed by atoms with van der Waals surface area (Å²) in [5.74, 6) is 0.326. The van der Waals surface area contributed by atoms with Gasteiger partial charge in [0.25, 0.3) is 0 Å². The number of rotatable bonds is 2. The Hall–Kier alpha value is -1.80. The second-order valence-electron chi connectivity index (χ2n) is 5.17. The zero-order chi connectivity index (χ0) is 14.1. The van der Waals surface area contributed by atoms with Gasteiger partial charge in [0.2, 0.25) is 0 Å². The van der Waals surface area contributed by atoms with Crippen LogP contribution in [0.4, 0.5) is 0 Å². The van der Waals surface area contributed by atoms with E-state index in [1.54, 1.807) is 0 Å². The maximum atomic E-state index is 11.9. The van der Waals surface area contributed by atoms with Crippen molar-refractivity contribution < 1.29 is 9.90 Å². The standard InChI is InChI=1S/C17H15ClO2/c18-15-4-1-3-12-9-11(7-8-13(12)15)10-14-16(19)5-2-6-17(14)20/h1,3-4,7-9,19H,2,5-6,10H2. The molecule has 0 spiro atoms. The summed E-state index contributed by atoms with van der Waals surface area (Å²) in [5.41, 5.74) is 1.59. The van der Waals surface area contributed by atoms with Crippen molar-refractivity contribution in [2.24, 2.45) is 0 Å². The number of Topliss-reactive ketones (excluding diaryl/α,β-unsaturated/α-hetero) is 1. The highest BCUT2D eigenvalue weighted by Crippen LogP contribution is 2.27. The lowest BCUT2D eigenvalue weighted by Gasteiger charge is -2.15. The maximum Gasteiger partial charge on any atom is 0.162 e. The van der Waals surface area contributed by atoms with Crippen LogP contribution in [0.2, 0.25) is 5.02 Å². The monoisotopic (exact) mass is 286 g/mol. The van der Waals surface area contributed by atoms with E-state index in [9.17, 15) is 9.90 Å². The van der Waals surface area contributed by atoms with E-state index in [2.05, 4.69) is 0 Å². The molecular weight excluding hydrogens is 272 g/mol. The molecule has 3 rings (SSSR count). The Labute approximate surface area is 122 Å². The number of aliphatic hydroxyl groups is 1. The molecule has 0 radical (unpaired) electrons. The number of allylic oxidation sites excluding steroid dienone is 2. The molecule has 0 fully saturated rings. The van der Waals surface area contributed by atoms with E-state index in [1.807, 2.05) is 36.4 Å². The second-order valence-corrected chi connectivity index (χ2v) is 5.58. The molecule has 0 bridgehead atoms. The smallest absolute Gasteiger partial charge is 0.162 e. The first-order valence-corrected chi connectivity index (χ1v) is 7.14. The molecule has 0 aromatic heterocycles. The number of carbonyl (C=O) groups is 1. The molecule has 1 N–H and O–H groups in total. The van der Waals surface area contributed by atoms with Gasteiger partial charge < -0.3 is 5.11 Å². The van der Waals surface area contributed by atoms with Crippen LogP contribution < -0.4 is 0 Å². The molecule has 1 aliphatic carbocycles. The molecule has 0 unspecified atom stereocenters. The molecule has 2 aromatic carbocycles. The molecule has 1 aliphatic rings. The lowest BCUT2D eigenvalue weighted by molar-refractivity contribution is -0.116. The van der Waals surface area contributed by atoms with Gasteiger partial charge in [0, 0.05) is 35.2 Å². The van der Waals surface area contributed by atoms with Gasteiger partial charge in [0.15, 0.2) is 5.78 Å². The van der Waals surface area contributed by atoms with E-state index < -0.39 is 0 Å². The van der Waals surface area contributed by atoms with E-state index in [0.717, 1.165) is 27.8 Å². The van der Waals surface area contributed by atoms with Crippen LogP contribution in [-0.4, -0.2) is 10.9 Å². The van der Waals surface area contributed by atoms with Crippen LogP contribution in [-0.2, 0) is 11.2 Å². The highest BCUT2D eigenvalue weighted by molar-refractivity contribution is 6.35. The van der Waals surface area contributed by atoms with Gasteiger partial charge >= 0.3 is 0 Å². The minimum atomic E-state index is 0.0694. The first-order valence-electron chi connectivity index (χ1n) is 6.76. The first-order chi connectivity index (χ1) is 9.65. The van der Waals surface area contributed by atoms with Crippen molar-refractivity contribution in [3.8, 4) is 0 Å². The number of ketones is 1. The third kappa shape index (κ3) is 2.44. The summed E-state index contributed by atoms with van der Waals surface area (Å²) in [6, 6.07) is 11.7. The molecule has 20 heavy (non-hydrogen) atoms. The van der Waals surface area contributed by atoms with Crippen LogP contribution in [0.15, 0.2) is 47.7 Å². The molecular formula is C17H15ClO2. The van der Waals surface area contributed by atoms with Crippen molar-refractivity contribution in [2.75, 3.05) is 0 Å². The molecule has 2 nitrogen and oxygen atoms in total. The summed E-state index contributed by atoms with van der Waals surface area (Å²) in [5, 5.41) is 12.7. The normalized spacial score (nSPS) is 15.9. The van der Waals surface area contributed by atoms with E-state index >= 15 is 0 Å². The van der Waals surface area contributed by atoms with Crippen molar-refractivity contribution in [3.05, 3.63) is 58.3 Å². The quantitative estimate of drug-likeness (QED) is 0.876. The Balaban J connectivity index is 1.97. The molecule has 102 valence electrons. The van der Waals surface area contributed by atoms with Crippen LogP contribution in [0.1, 0.15) is 24.8 Å². The molecule has 0 atom stereocenters. The zero-order valence-electron chi connectivity index (χ0n) is 11.0. The van der Waals surface area contributed by atoms with E-state index in [-0.39, 0.29) is 11.5 Å². The molecule has 0 aliphatic heterocycles. The maximum absolute atomic E-state index is 11.9. The summed E-state index contributed by atoms with van der Waals surface area (Å²) in [6.45, 7) is 0. The Bertz CT molecular complexity index is 716. The second kappa shape index (κ2) is 5.29. The third-order valence-electron chi connectivity index (χ3n) is 3.77. The lowest BCUT2D eigenvalue weighted by Crippen LogP contribution is -2.13. The van der Waals surface area contributed by atoms with E-state index in [0.29, 0.717) is 24.8 Å². The molecule has 2 aromatic rings. The summed E-state index contributed by atoms with van der Waals surface area (Å²) >= 11 is 6.14. The molecule has 0 saturated carbocycles. The van der Waals surface area contributed by atoms with E-state index in [4.69, 9.17) is 11.6 Å². The van der Waals surface area contributed by atoms with Gasteiger partial charge in [-0.15, -0.1) is 0 Å².